The van der Waals surface area contributed by atoms with Crippen LogP contribution in [0.25, 0.3) is 0 Å². The number of hydrogen-bond donors (Lipinski definition) is 1. The summed E-state index contributed by atoms with van der Waals surface area (Å²) in [6, 6.07) is 5.43. The molecule has 0 amide bonds. The monoisotopic (exact) mass is 192 g/mol. The van der Waals surface area contributed by atoms with Crippen LogP contribution in [0.2, 0.25) is 10.0 Å². The van der Waals surface area contributed by atoms with Crippen molar-refractivity contribution in [2.45, 2.75) is 5.75 Å². The maximum Gasteiger partial charge on any atom is 0.0461 e. The van der Waals surface area contributed by atoms with E-state index < -0.39 is 0 Å². The molecule has 54 valence electrons. The van der Waals surface area contributed by atoms with Gasteiger partial charge in [-0.15, -0.1) is 0 Å². The molecule has 0 radical (unpaired) electrons. The lowest BCUT2D eigenvalue weighted by Crippen LogP contribution is -1.80. The van der Waals surface area contributed by atoms with Crippen molar-refractivity contribution in [3.63, 3.8) is 0 Å². The van der Waals surface area contributed by atoms with Crippen LogP contribution in [0.5, 0.6) is 0 Å². The van der Waals surface area contributed by atoms with Gasteiger partial charge >= 0.3 is 0 Å². The first-order valence-electron chi connectivity index (χ1n) is 2.79. The Morgan fingerprint density at radius 3 is 2.00 bits per heavy atom. The van der Waals surface area contributed by atoms with Crippen molar-refractivity contribution in [3.8, 4) is 0 Å². The highest BCUT2D eigenvalue weighted by Crippen LogP contribution is 2.25. The Bertz CT molecular complexity index is 215. The maximum atomic E-state index is 5.80. The van der Waals surface area contributed by atoms with E-state index in [-0.39, 0.29) is 0 Å². The van der Waals surface area contributed by atoms with Crippen molar-refractivity contribution < 1.29 is 0 Å². The third-order valence-corrected chi connectivity index (χ3v) is 2.24. The lowest BCUT2D eigenvalue weighted by Gasteiger charge is -2.00. The van der Waals surface area contributed by atoms with Crippen LogP contribution in [0, 0.1) is 0 Å². The van der Waals surface area contributed by atoms with E-state index in [2.05, 4.69) is 12.6 Å². The van der Waals surface area contributed by atoms with E-state index in [4.69, 9.17) is 23.2 Å². The molecule has 1 aromatic rings. The summed E-state index contributed by atoms with van der Waals surface area (Å²) >= 11 is 15.7. The van der Waals surface area contributed by atoms with E-state index in [1.54, 1.807) is 12.1 Å². The largest absolute Gasteiger partial charge is 0.174 e. The molecule has 0 heterocycles. The molecule has 0 nitrogen and oxygen atoms in total. The van der Waals surface area contributed by atoms with Crippen molar-refractivity contribution in [2.75, 3.05) is 0 Å². The van der Waals surface area contributed by atoms with Crippen LogP contribution in [0.4, 0.5) is 0 Å². The molecular weight excluding hydrogens is 187 g/mol. The van der Waals surface area contributed by atoms with Gasteiger partial charge in [0.2, 0.25) is 0 Å². The van der Waals surface area contributed by atoms with Crippen molar-refractivity contribution in [1.29, 1.82) is 0 Å². The zero-order chi connectivity index (χ0) is 7.56. The van der Waals surface area contributed by atoms with Gasteiger partial charge in [-0.25, -0.2) is 0 Å². The Morgan fingerprint density at radius 1 is 1.20 bits per heavy atom. The van der Waals surface area contributed by atoms with E-state index in [0.717, 1.165) is 5.56 Å². The van der Waals surface area contributed by atoms with Gasteiger partial charge in [-0.3, -0.25) is 0 Å². The molecule has 1 rings (SSSR count). The van der Waals surface area contributed by atoms with Gasteiger partial charge in [0.15, 0.2) is 0 Å². The summed E-state index contributed by atoms with van der Waals surface area (Å²) in [5, 5.41) is 1.37. The predicted octanol–water partition coefficient (Wildman–Crippen LogP) is 3.42. The second-order valence-electron chi connectivity index (χ2n) is 1.86. The van der Waals surface area contributed by atoms with Gasteiger partial charge in [-0.2, -0.15) is 12.6 Å². The first kappa shape index (κ1) is 8.25. The first-order chi connectivity index (χ1) is 4.75. The molecule has 0 fully saturated rings. The van der Waals surface area contributed by atoms with Gasteiger partial charge in [-0.1, -0.05) is 29.3 Å². The Hall–Kier alpha value is 0.150. The van der Waals surface area contributed by atoms with Gasteiger partial charge < -0.3 is 0 Å². The summed E-state index contributed by atoms with van der Waals surface area (Å²) in [6.07, 6.45) is 0. The molecule has 0 atom stereocenters. The van der Waals surface area contributed by atoms with E-state index >= 15 is 0 Å². The van der Waals surface area contributed by atoms with Gasteiger partial charge in [0, 0.05) is 15.8 Å². The average Bonchev–Trinajstić information content (AvgIpc) is 1.88. The highest BCUT2D eigenvalue weighted by atomic mass is 35.5. The maximum absolute atomic E-state index is 5.80. The highest BCUT2D eigenvalue weighted by molar-refractivity contribution is 7.79. The Labute approximate surface area is 75.6 Å². The summed E-state index contributed by atoms with van der Waals surface area (Å²) in [5.41, 5.74) is 0.897. The number of thiol groups is 1. The Morgan fingerprint density at radius 2 is 1.70 bits per heavy atom. The molecule has 1 aromatic carbocycles. The molecule has 0 aromatic heterocycles. The minimum absolute atomic E-state index is 0.582. The molecule has 0 spiro atoms. The van der Waals surface area contributed by atoms with E-state index in [1.165, 1.54) is 0 Å². The molecular formula is C7H6Cl2S. The highest BCUT2D eigenvalue weighted by Gasteiger charge is 2.00. The van der Waals surface area contributed by atoms with Crippen molar-refractivity contribution in [1.82, 2.24) is 0 Å². The fourth-order valence-corrected chi connectivity index (χ4v) is 1.74. The van der Waals surface area contributed by atoms with E-state index in [1.807, 2.05) is 6.07 Å². The topological polar surface area (TPSA) is 0 Å². The van der Waals surface area contributed by atoms with Crippen molar-refractivity contribution in [2.24, 2.45) is 0 Å². The quantitative estimate of drug-likeness (QED) is 0.649. The number of halogens is 2. The average molecular weight is 193 g/mol. The molecule has 0 unspecified atom stereocenters. The molecule has 0 saturated heterocycles. The number of rotatable bonds is 1. The van der Waals surface area contributed by atoms with E-state index in [9.17, 15) is 0 Å². The molecule has 10 heavy (non-hydrogen) atoms. The van der Waals surface area contributed by atoms with Crippen LogP contribution >= 0.6 is 35.8 Å². The van der Waals surface area contributed by atoms with Gasteiger partial charge in [-0.05, 0) is 17.7 Å². The van der Waals surface area contributed by atoms with Gasteiger partial charge in [0.05, 0.1) is 0 Å². The predicted molar refractivity (Wildman–Crippen MR) is 49.2 cm³/mol. The van der Waals surface area contributed by atoms with Crippen molar-refractivity contribution in [3.05, 3.63) is 33.8 Å². The first-order valence-corrected chi connectivity index (χ1v) is 4.18. The molecule has 0 aliphatic carbocycles. The number of hydrogen-bond acceptors (Lipinski definition) is 1. The Kier molecular flexibility index (Phi) is 2.90. The minimum atomic E-state index is 0.582. The smallest absolute Gasteiger partial charge is 0.0461 e. The zero-order valence-corrected chi connectivity index (χ0v) is 7.55. The lowest BCUT2D eigenvalue weighted by atomic mass is 10.2. The van der Waals surface area contributed by atoms with E-state index in [0.29, 0.717) is 15.8 Å². The summed E-state index contributed by atoms with van der Waals surface area (Å²) in [7, 11) is 0. The number of benzene rings is 1. The van der Waals surface area contributed by atoms with Gasteiger partial charge in [0.1, 0.15) is 0 Å². The summed E-state index contributed by atoms with van der Waals surface area (Å²) < 4.78 is 0. The SMILES string of the molecule is SCc1c(Cl)cccc1Cl. The summed E-state index contributed by atoms with van der Waals surface area (Å²) in [4.78, 5) is 0. The van der Waals surface area contributed by atoms with Crippen LogP contribution in [0.1, 0.15) is 5.56 Å². The third kappa shape index (κ3) is 1.60. The van der Waals surface area contributed by atoms with Crippen LogP contribution in [-0.2, 0) is 5.75 Å². The summed E-state index contributed by atoms with van der Waals surface area (Å²) in [5.74, 6) is 0.582. The molecule has 0 saturated carbocycles. The Balaban J connectivity index is 3.17. The molecule has 3 heteroatoms. The minimum Gasteiger partial charge on any atom is -0.174 e. The van der Waals surface area contributed by atoms with Crippen LogP contribution in [0.3, 0.4) is 0 Å². The molecule has 0 aliphatic heterocycles. The zero-order valence-electron chi connectivity index (χ0n) is 5.14. The third-order valence-electron chi connectivity index (χ3n) is 1.22. The molecule has 0 N–H and O–H groups in total. The van der Waals surface area contributed by atoms with Crippen LogP contribution in [-0.4, -0.2) is 0 Å². The fraction of sp³-hybridized carbons (Fsp3) is 0.143. The second kappa shape index (κ2) is 3.51. The van der Waals surface area contributed by atoms with Crippen LogP contribution < -0.4 is 0 Å². The van der Waals surface area contributed by atoms with Crippen molar-refractivity contribution >= 4 is 35.8 Å². The summed E-state index contributed by atoms with van der Waals surface area (Å²) in [6.45, 7) is 0. The fourth-order valence-electron chi connectivity index (χ4n) is 0.683. The molecule has 0 aliphatic rings. The second-order valence-corrected chi connectivity index (χ2v) is 2.99. The van der Waals surface area contributed by atoms with Crippen LogP contribution in [0.15, 0.2) is 18.2 Å². The van der Waals surface area contributed by atoms with Gasteiger partial charge in [0.25, 0.3) is 0 Å². The lowest BCUT2D eigenvalue weighted by molar-refractivity contribution is 1.43. The normalized spacial score (nSPS) is 9.90. The molecule has 0 bridgehead atoms. The standard InChI is InChI=1S/C7H6Cl2S/c8-6-2-1-3-7(9)5(6)4-10/h1-3,10H,4H2.